The summed E-state index contributed by atoms with van der Waals surface area (Å²) in [5.74, 6) is -2.20. The molecular weight excluding hydrogens is 277 g/mol. The van der Waals surface area contributed by atoms with Crippen molar-refractivity contribution in [3.63, 3.8) is 0 Å². The van der Waals surface area contributed by atoms with Crippen LogP contribution in [-0.4, -0.2) is 47.7 Å². The Morgan fingerprint density at radius 3 is 2.86 bits per heavy atom. The van der Waals surface area contributed by atoms with Crippen LogP contribution in [0.1, 0.15) is 12.5 Å². The Morgan fingerprint density at radius 2 is 2.19 bits per heavy atom. The Labute approximate surface area is 122 Å². The number of carbonyl (C=O) groups excluding carboxylic acids is 1. The second-order valence-electron chi connectivity index (χ2n) is 5.16. The number of morpholine rings is 1. The number of nitrogens with zero attached hydrogens (tertiary/aromatic N) is 1. The number of ether oxygens (including phenoxy) is 1. The van der Waals surface area contributed by atoms with E-state index in [1.165, 1.54) is 11.0 Å². The van der Waals surface area contributed by atoms with E-state index in [9.17, 15) is 14.0 Å². The van der Waals surface area contributed by atoms with Crippen LogP contribution in [0, 0.1) is 11.7 Å². The van der Waals surface area contributed by atoms with Crippen LogP contribution in [0.2, 0.25) is 0 Å². The SMILES string of the molecule is CC(Cc1ccccc1F)C(=O)N1CCOCC1C(=O)O. The first-order valence-corrected chi connectivity index (χ1v) is 6.85. The Morgan fingerprint density at radius 1 is 1.48 bits per heavy atom. The van der Waals surface area contributed by atoms with E-state index in [-0.39, 0.29) is 31.3 Å². The van der Waals surface area contributed by atoms with Crippen LogP contribution in [-0.2, 0) is 20.7 Å². The third-order valence-corrected chi connectivity index (χ3v) is 3.60. The zero-order valence-corrected chi connectivity index (χ0v) is 11.8. The molecule has 5 nitrogen and oxygen atoms in total. The molecule has 21 heavy (non-hydrogen) atoms. The van der Waals surface area contributed by atoms with Crippen LogP contribution < -0.4 is 0 Å². The standard InChI is InChI=1S/C15H18FNO4/c1-10(8-11-4-2-3-5-12(11)16)14(18)17-6-7-21-9-13(17)15(19)20/h2-5,10,13H,6-9H2,1H3,(H,19,20). The summed E-state index contributed by atoms with van der Waals surface area (Å²) >= 11 is 0. The first kappa shape index (κ1) is 15.4. The summed E-state index contributed by atoms with van der Waals surface area (Å²) in [6.45, 7) is 2.25. The number of hydrogen-bond donors (Lipinski definition) is 1. The van der Waals surface area contributed by atoms with Gasteiger partial charge in [-0.1, -0.05) is 25.1 Å². The van der Waals surface area contributed by atoms with Crippen LogP contribution in [0.25, 0.3) is 0 Å². The maximum atomic E-state index is 13.6. The molecule has 1 N–H and O–H groups in total. The number of amides is 1. The molecule has 1 amide bonds. The second kappa shape index (κ2) is 6.67. The zero-order valence-electron chi connectivity index (χ0n) is 11.8. The molecule has 0 saturated carbocycles. The minimum atomic E-state index is -1.08. The van der Waals surface area contributed by atoms with E-state index < -0.39 is 17.9 Å². The monoisotopic (exact) mass is 295 g/mol. The zero-order chi connectivity index (χ0) is 15.4. The minimum absolute atomic E-state index is 0.00646. The van der Waals surface area contributed by atoms with E-state index in [1.807, 2.05) is 0 Å². The predicted molar refractivity (Wildman–Crippen MR) is 73.2 cm³/mol. The molecule has 0 spiro atoms. The number of hydrogen-bond acceptors (Lipinski definition) is 3. The molecule has 6 heteroatoms. The van der Waals surface area contributed by atoms with Crippen molar-refractivity contribution in [3.8, 4) is 0 Å². The van der Waals surface area contributed by atoms with Crippen LogP contribution in [0.15, 0.2) is 24.3 Å². The summed E-state index contributed by atoms with van der Waals surface area (Å²) in [4.78, 5) is 24.9. The number of halogens is 1. The summed E-state index contributed by atoms with van der Waals surface area (Å²) in [5.41, 5.74) is 0.457. The number of carboxylic acids is 1. The van der Waals surface area contributed by atoms with Crippen molar-refractivity contribution in [2.45, 2.75) is 19.4 Å². The molecule has 114 valence electrons. The second-order valence-corrected chi connectivity index (χ2v) is 5.16. The molecule has 2 atom stereocenters. The summed E-state index contributed by atoms with van der Waals surface area (Å²) in [7, 11) is 0. The summed E-state index contributed by atoms with van der Waals surface area (Å²) in [5, 5.41) is 9.14. The molecule has 0 bridgehead atoms. The lowest BCUT2D eigenvalue weighted by Crippen LogP contribution is -2.54. The molecule has 1 fully saturated rings. The number of aliphatic carboxylic acids is 1. The van der Waals surface area contributed by atoms with Crippen molar-refractivity contribution in [2.24, 2.45) is 5.92 Å². The minimum Gasteiger partial charge on any atom is -0.480 e. The normalized spacial score (nSPS) is 20.1. The van der Waals surface area contributed by atoms with Crippen molar-refractivity contribution < 1.29 is 23.8 Å². The third kappa shape index (κ3) is 3.58. The third-order valence-electron chi connectivity index (χ3n) is 3.60. The maximum absolute atomic E-state index is 13.6. The van der Waals surface area contributed by atoms with Gasteiger partial charge in [0.1, 0.15) is 5.82 Å². The molecule has 0 radical (unpaired) electrons. The summed E-state index contributed by atoms with van der Waals surface area (Å²) < 4.78 is 18.7. The average molecular weight is 295 g/mol. The van der Waals surface area contributed by atoms with Gasteiger partial charge in [0.15, 0.2) is 6.04 Å². The largest absolute Gasteiger partial charge is 0.480 e. The van der Waals surface area contributed by atoms with Gasteiger partial charge in [0, 0.05) is 12.5 Å². The highest BCUT2D eigenvalue weighted by Crippen LogP contribution is 2.17. The fourth-order valence-corrected chi connectivity index (χ4v) is 2.44. The highest BCUT2D eigenvalue weighted by atomic mass is 19.1. The lowest BCUT2D eigenvalue weighted by atomic mass is 9.98. The Balaban J connectivity index is 2.07. The molecule has 1 aliphatic heterocycles. The van der Waals surface area contributed by atoms with E-state index in [1.54, 1.807) is 25.1 Å². The highest BCUT2D eigenvalue weighted by Gasteiger charge is 2.34. The van der Waals surface area contributed by atoms with Crippen LogP contribution in [0.4, 0.5) is 4.39 Å². The van der Waals surface area contributed by atoms with Gasteiger partial charge in [-0.2, -0.15) is 0 Å². The smallest absolute Gasteiger partial charge is 0.328 e. The van der Waals surface area contributed by atoms with Crippen LogP contribution in [0.3, 0.4) is 0 Å². The quantitative estimate of drug-likeness (QED) is 0.909. The predicted octanol–water partition coefficient (Wildman–Crippen LogP) is 1.32. The topological polar surface area (TPSA) is 66.8 Å². The first-order valence-electron chi connectivity index (χ1n) is 6.85. The number of carbonyl (C=O) groups is 2. The fraction of sp³-hybridized carbons (Fsp3) is 0.467. The van der Waals surface area contributed by atoms with Crippen molar-refractivity contribution in [3.05, 3.63) is 35.6 Å². The van der Waals surface area contributed by atoms with E-state index in [0.717, 1.165) is 0 Å². The molecule has 1 saturated heterocycles. The Hall–Kier alpha value is -1.95. The van der Waals surface area contributed by atoms with Gasteiger partial charge in [-0.15, -0.1) is 0 Å². The van der Waals surface area contributed by atoms with Gasteiger partial charge in [0.2, 0.25) is 5.91 Å². The summed E-state index contributed by atoms with van der Waals surface area (Å²) in [6, 6.07) is 5.32. The number of benzene rings is 1. The highest BCUT2D eigenvalue weighted by molar-refractivity contribution is 5.85. The van der Waals surface area contributed by atoms with Crippen molar-refractivity contribution in [1.29, 1.82) is 0 Å². The molecule has 2 rings (SSSR count). The van der Waals surface area contributed by atoms with Crippen molar-refractivity contribution in [2.75, 3.05) is 19.8 Å². The first-order chi connectivity index (χ1) is 10.0. The maximum Gasteiger partial charge on any atom is 0.328 e. The molecule has 1 aromatic rings. The lowest BCUT2D eigenvalue weighted by Gasteiger charge is -2.34. The fourth-order valence-electron chi connectivity index (χ4n) is 2.44. The molecule has 0 aromatic heterocycles. The molecule has 1 aliphatic rings. The number of rotatable bonds is 4. The molecule has 1 heterocycles. The lowest BCUT2D eigenvalue weighted by molar-refractivity contribution is -0.160. The van der Waals surface area contributed by atoms with Gasteiger partial charge in [-0.25, -0.2) is 9.18 Å². The average Bonchev–Trinajstić information content (AvgIpc) is 2.48. The molecular formula is C15H18FNO4. The Kier molecular flexibility index (Phi) is 4.90. The van der Waals surface area contributed by atoms with Gasteiger partial charge in [-0.05, 0) is 18.1 Å². The van der Waals surface area contributed by atoms with E-state index >= 15 is 0 Å². The van der Waals surface area contributed by atoms with Crippen LogP contribution in [0.5, 0.6) is 0 Å². The van der Waals surface area contributed by atoms with Gasteiger partial charge in [0.25, 0.3) is 0 Å². The molecule has 1 aromatic carbocycles. The number of carboxylic acid groups (broad SMARTS) is 1. The Bertz CT molecular complexity index is 534. The van der Waals surface area contributed by atoms with Crippen molar-refractivity contribution in [1.82, 2.24) is 4.90 Å². The summed E-state index contributed by atoms with van der Waals surface area (Å²) in [6.07, 6.45) is 0.245. The van der Waals surface area contributed by atoms with E-state index in [0.29, 0.717) is 12.2 Å². The van der Waals surface area contributed by atoms with Gasteiger partial charge in [0.05, 0.1) is 13.2 Å². The van der Waals surface area contributed by atoms with E-state index in [4.69, 9.17) is 9.84 Å². The van der Waals surface area contributed by atoms with Gasteiger partial charge >= 0.3 is 5.97 Å². The van der Waals surface area contributed by atoms with E-state index in [2.05, 4.69) is 0 Å². The molecule has 2 unspecified atom stereocenters. The van der Waals surface area contributed by atoms with Crippen molar-refractivity contribution >= 4 is 11.9 Å². The molecule has 0 aliphatic carbocycles. The van der Waals surface area contributed by atoms with Gasteiger partial charge < -0.3 is 14.7 Å². The van der Waals surface area contributed by atoms with Gasteiger partial charge in [-0.3, -0.25) is 4.79 Å². The van der Waals surface area contributed by atoms with Crippen LogP contribution >= 0.6 is 0 Å².